The lowest BCUT2D eigenvalue weighted by molar-refractivity contribution is -0.120. The first-order valence-electron chi connectivity index (χ1n) is 9.64. The largest absolute Gasteiger partial charge is 0.341 e. The number of carbonyl (C=O) groups is 1. The lowest BCUT2D eigenvalue weighted by atomic mass is 9.86. The Morgan fingerprint density at radius 3 is 2.58 bits per heavy atom. The van der Waals surface area contributed by atoms with E-state index in [0.29, 0.717) is 6.42 Å². The normalized spacial score (nSPS) is 16.0. The minimum atomic E-state index is -0.0174. The van der Waals surface area contributed by atoms with Crippen molar-refractivity contribution in [1.82, 2.24) is 9.97 Å². The summed E-state index contributed by atoms with van der Waals surface area (Å²) in [5.41, 5.74) is 4.34. The molecule has 0 radical (unpaired) electrons. The highest BCUT2D eigenvalue weighted by Crippen LogP contribution is 2.26. The Bertz CT molecular complexity index is 753. The molecular formula is C21H28N4O. The third kappa shape index (κ3) is 4.03. The van der Waals surface area contributed by atoms with Crippen molar-refractivity contribution in [2.45, 2.75) is 46.5 Å². The summed E-state index contributed by atoms with van der Waals surface area (Å²) in [7, 11) is 0. The minimum absolute atomic E-state index is 0.0174. The summed E-state index contributed by atoms with van der Waals surface area (Å²) in [6, 6.07) is 8.09. The van der Waals surface area contributed by atoms with E-state index in [-0.39, 0.29) is 11.8 Å². The second-order valence-electron chi connectivity index (χ2n) is 6.79. The van der Waals surface area contributed by atoms with Crippen molar-refractivity contribution in [3.05, 3.63) is 47.3 Å². The van der Waals surface area contributed by atoms with Crippen molar-refractivity contribution in [1.29, 1.82) is 0 Å². The Hall–Kier alpha value is -2.43. The molecule has 3 rings (SSSR count). The number of hydrogen-bond donors (Lipinski definition) is 1. The standard InChI is InChI=1S/C21H28N4O/c1-4-15-7-10-18(11-8-15)23-20(26)16-9-12-19-17(13-16)14-22-21(24-19)25(5-2)6-3/h7-8,10-11,14,16H,4-6,9,12-13H2,1-3H3,(H,23,26)/t16-/m1/s1. The van der Waals surface area contributed by atoms with E-state index in [1.807, 2.05) is 18.3 Å². The van der Waals surface area contributed by atoms with Gasteiger partial charge >= 0.3 is 0 Å². The Labute approximate surface area is 155 Å². The lowest BCUT2D eigenvalue weighted by Gasteiger charge is -2.25. The van der Waals surface area contributed by atoms with E-state index in [9.17, 15) is 4.79 Å². The smallest absolute Gasteiger partial charge is 0.227 e. The van der Waals surface area contributed by atoms with Crippen LogP contribution in [-0.4, -0.2) is 29.0 Å². The van der Waals surface area contributed by atoms with Crippen LogP contribution < -0.4 is 10.2 Å². The summed E-state index contributed by atoms with van der Waals surface area (Å²) >= 11 is 0. The second kappa shape index (κ2) is 8.30. The van der Waals surface area contributed by atoms with Crippen molar-refractivity contribution in [2.24, 2.45) is 5.92 Å². The molecule has 1 aromatic carbocycles. The van der Waals surface area contributed by atoms with Crippen LogP contribution in [0.5, 0.6) is 0 Å². The Kier molecular flexibility index (Phi) is 5.86. The first-order valence-corrected chi connectivity index (χ1v) is 9.64. The van der Waals surface area contributed by atoms with Gasteiger partial charge in [-0.25, -0.2) is 9.97 Å². The molecule has 1 atom stereocenters. The first-order chi connectivity index (χ1) is 12.6. The zero-order valence-electron chi connectivity index (χ0n) is 16.0. The number of aryl methyl sites for hydroxylation is 2. The van der Waals surface area contributed by atoms with Gasteiger partial charge in [-0.1, -0.05) is 19.1 Å². The molecule has 0 unspecified atom stereocenters. The zero-order chi connectivity index (χ0) is 18.5. The van der Waals surface area contributed by atoms with E-state index >= 15 is 0 Å². The molecule has 0 aliphatic heterocycles. The van der Waals surface area contributed by atoms with Crippen LogP contribution in [0.2, 0.25) is 0 Å². The van der Waals surface area contributed by atoms with Crippen LogP contribution in [0, 0.1) is 5.92 Å². The molecule has 138 valence electrons. The average Bonchev–Trinajstić information content (AvgIpc) is 2.69. The predicted octanol–water partition coefficient (Wildman–Crippen LogP) is 3.63. The Morgan fingerprint density at radius 2 is 1.92 bits per heavy atom. The van der Waals surface area contributed by atoms with Gasteiger partial charge in [0.25, 0.3) is 0 Å². The lowest BCUT2D eigenvalue weighted by Crippen LogP contribution is -2.30. The van der Waals surface area contributed by atoms with E-state index in [1.165, 1.54) is 5.56 Å². The number of nitrogens with one attached hydrogen (secondary N) is 1. The molecule has 0 spiro atoms. The zero-order valence-corrected chi connectivity index (χ0v) is 16.0. The van der Waals surface area contributed by atoms with Gasteiger partial charge in [0.05, 0.1) is 0 Å². The molecule has 1 heterocycles. The quantitative estimate of drug-likeness (QED) is 0.862. The van der Waals surface area contributed by atoms with Gasteiger partial charge in [-0.3, -0.25) is 4.79 Å². The first kappa shape index (κ1) is 18.4. The molecule has 1 aliphatic rings. The molecule has 1 N–H and O–H groups in total. The number of rotatable bonds is 6. The predicted molar refractivity (Wildman–Crippen MR) is 106 cm³/mol. The number of anilines is 2. The summed E-state index contributed by atoms with van der Waals surface area (Å²) in [6.45, 7) is 8.15. The number of fused-ring (bicyclic) bond motifs is 1. The van der Waals surface area contributed by atoms with Gasteiger partial charge in [0.15, 0.2) is 0 Å². The highest BCUT2D eigenvalue weighted by Gasteiger charge is 2.26. The third-order valence-corrected chi connectivity index (χ3v) is 5.18. The maximum Gasteiger partial charge on any atom is 0.227 e. The summed E-state index contributed by atoms with van der Waals surface area (Å²) in [4.78, 5) is 24.0. The SMILES string of the molecule is CCc1ccc(NC(=O)[C@@H]2CCc3nc(N(CC)CC)ncc3C2)cc1. The van der Waals surface area contributed by atoms with Gasteiger partial charge in [0, 0.05) is 36.6 Å². The van der Waals surface area contributed by atoms with Gasteiger partial charge in [-0.05, 0) is 62.8 Å². The van der Waals surface area contributed by atoms with Gasteiger partial charge < -0.3 is 10.2 Å². The number of amides is 1. The summed E-state index contributed by atoms with van der Waals surface area (Å²) in [5.74, 6) is 0.872. The molecule has 5 heteroatoms. The molecule has 26 heavy (non-hydrogen) atoms. The fourth-order valence-electron chi connectivity index (χ4n) is 3.45. The maximum absolute atomic E-state index is 12.6. The van der Waals surface area contributed by atoms with Crippen LogP contribution in [0.4, 0.5) is 11.6 Å². The van der Waals surface area contributed by atoms with Crippen molar-refractivity contribution in [2.75, 3.05) is 23.3 Å². The Balaban J connectivity index is 1.66. The van der Waals surface area contributed by atoms with Gasteiger partial charge in [0.2, 0.25) is 11.9 Å². The maximum atomic E-state index is 12.6. The van der Waals surface area contributed by atoms with Crippen molar-refractivity contribution < 1.29 is 4.79 Å². The van der Waals surface area contributed by atoms with E-state index in [4.69, 9.17) is 4.98 Å². The highest BCUT2D eigenvalue weighted by atomic mass is 16.1. The fourth-order valence-corrected chi connectivity index (χ4v) is 3.45. The molecule has 2 aromatic rings. The molecule has 5 nitrogen and oxygen atoms in total. The minimum Gasteiger partial charge on any atom is -0.341 e. The Morgan fingerprint density at radius 1 is 1.19 bits per heavy atom. The van der Waals surface area contributed by atoms with E-state index in [1.54, 1.807) is 0 Å². The van der Waals surface area contributed by atoms with Crippen LogP contribution in [0.25, 0.3) is 0 Å². The van der Waals surface area contributed by atoms with Gasteiger partial charge in [-0.15, -0.1) is 0 Å². The van der Waals surface area contributed by atoms with Crippen LogP contribution in [0.3, 0.4) is 0 Å². The molecule has 0 saturated heterocycles. The number of aromatic nitrogens is 2. The summed E-state index contributed by atoms with van der Waals surface area (Å²) in [5, 5.41) is 3.05. The topological polar surface area (TPSA) is 58.1 Å². The number of carbonyl (C=O) groups excluding carboxylic acids is 1. The number of benzene rings is 1. The number of nitrogens with zero attached hydrogens (tertiary/aromatic N) is 3. The monoisotopic (exact) mass is 352 g/mol. The van der Waals surface area contributed by atoms with Crippen LogP contribution >= 0.6 is 0 Å². The molecule has 0 fully saturated rings. The highest BCUT2D eigenvalue weighted by molar-refractivity contribution is 5.92. The van der Waals surface area contributed by atoms with Crippen molar-refractivity contribution >= 4 is 17.5 Å². The molecule has 0 saturated carbocycles. The van der Waals surface area contributed by atoms with Crippen LogP contribution in [-0.2, 0) is 24.1 Å². The van der Waals surface area contributed by atoms with Gasteiger partial charge in [0.1, 0.15) is 0 Å². The summed E-state index contributed by atoms with van der Waals surface area (Å²) < 4.78 is 0. The van der Waals surface area contributed by atoms with E-state index in [0.717, 1.165) is 55.2 Å². The average molecular weight is 352 g/mol. The van der Waals surface area contributed by atoms with Crippen LogP contribution in [0.1, 0.15) is 44.0 Å². The molecule has 1 aromatic heterocycles. The second-order valence-corrected chi connectivity index (χ2v) is 6.79. The molecule has 1 amide bonds. The van der Waals surface area contributed by atoms with E-state index < -0.39 is 0 Å². The van der Waals surface area contributed by atoms with Crippen molar-refractivity contribution in [3.8, 4) is 0 Å². The van der Waals surface area contributed by atoms with Gasteiger partial charge in [-0.2, -0.15) is 0 Å². The van der Waals surface area contributed by atoms with Crippen LogP contribution in [0.15, 0.2) is 30.5 Å². The number of hydrogen-bond acceptors (Lipinski definition) is 4. The molecule has 0 bridgehead atoms. The fraction of sp³-hybridized carbons (Fsp3) is 0.476. The molecule has 1 aliphatic carbocycles. The third-order valence-electron chi connectivity index (χ3n) is 5.18. The molecular weight excluding hydrogens is 324 g/mol. The van der Waals surface area contributed by atoms with Crippen molar-refractivity contribution in [3.63, 3.8) is 0 Å². The van der Waals surface area contributed by atoms with E-state index in [2.05, 4.69) is 48.1 Å². The summed E-state index contributed by atoms with van der Waals surface area (Å²) in [6.07, 6.45) is 5.29.